The highest BCUT2D eigenvalue weighted by atomic mass is 35.5. The van der Waals surface area contributed by atoms with Gasteiger partial charge in [0.1, 0.15) is 0 Å². The summed E-state index contributed by atoms with van der Waals surface area (Å²) >= 11 is 14.7. The van der Waals surface area contributed by atoms with Crippen LogP contribution in [0, 0.1) is 20.8 Å². The van der Waals surface area contributed by atoms with E-state index in [2.05, 4.69) is 6.92 Å². The molecule has 0 atom stereocenters. The topological polar surface area (TPSA) is 0 Å². The van der Waals surface area contributed by atoms with Gasteiger partial charge in [0.2, 0.25) is 0 Å². The molecular formula is C11H12Cl2S2. The maximum atomic E-state index is 5.74. The first kappa shape index (κ1) is 13.0. The Balaban J connectivity index is 0.000000151. The van der Waals surface area contributed by atoms with Crippen LogP contribution < -0.4 is 0 Å². The number of hydrogen-bond donors (Lipinski definition) is 0. The van der Waals surface area contributed by atoms with Gasteiger partial charge in [-0.05, 0) is 39.0 Å². The average Bonchev–Trinajstić information content (AvgIpc) is 2.61. The lowest BCUT2D eigenvalue weighted by Gasteiger charge is -1.76. The molecule has 0 saturated heterocycles. The van der Waals surface area contributed by atoms with E-state index in [4.69, 9.17) is 23.2 Å². The molecule has 0 unspecified atom stereocenters. The van der Waals surface area contributed by atoms with Gasteiger partial charge in [-0.15, -0.1) is 22.7 Å². The monoisotopic (exact) mass is 278 g/mol. The first-order valence-corrected chi connectivity index (χ1v) is 6.82. The summed E-state index contributed by atoms with van der Waals surface area (Å²) in [6, 6.07) is 5.90. The third-order valence-electron chi connectivity index (χ3n) is 1.69. The molecule has 0 aliphatic heterocycles. The highest BCUT2D eigenvalue weighted by molar-refractivity contribution is 7.16. The Kier molecular flexibility index (Phi) is 5.13. The molecule has 2 heterocycles. The van der Waals surface area contributed by atoms with Gasteiger partial charge in [-0.25, -0.2) is 0 Å². The molecule has 82 valence electrons. The quantitative estimate of drug-likeness (QED) is 0.578. The van der Waals surface area contributed by atoms with E-state index in [1.54, 1.807) is 22.7 Å². The van der Waals surface area contributed by atoms with Crippen LogP contribution in [0.3, 0.4) is 0 Å². The van der Waals surface area contributed by atoms with Crippen molar-refractivity contribution in [3.05, 3.63) is 42.2 Å². The molecule has 15 heavy (non-hydrogen) atoms. The Morgan fingerprint density at radius 1 is 0.933 bits per heavy atom. The smallest absolute Gasteiger partial charge is 0.0931 e. The van der Waals surface area contributed by atoms with Crippen LogP contribution in [0.4, 0.5) is 0 Å². The number of thiophene rings is 2. The Morgan fingerprint density at radius 2 is 1.60 bits per heavy atom. The minimum Gasteiger partial charge on any atom is -0.144 e. The van der Waals surface area contributed by atoms with Crippen molar-refractivity contribution in [3.63, 3.8) is 0 Å². The second kappa shape index (κ2) is 5.90. The van der Waals surface area contributed by atoms with Crippen LogP contribution in [0.15, 0.2) is 18.2 Å². The van der Waals surface area contributed by atoms with Gasteiger partial charge in [-0.1, -0.05) is 23.2 Å². The summed E-state index contributed by atoms with van der Waals surface area (Å²) in [5.74, 6) is 0. The largest absolute Gasteiger partial charge is 0.144 e. The van der Waals surface area contributed by atoms with Crippen LogP contribution in [0.1, 0.15) is 14.6 Å². The van der Waals surface area contributed by atoms with E-state index in [1.807, 2.05) is 32.0 Å². The second-order valence-corrected chi connectivity index (χ2v) is 6.90. The fourth-order valence-corrected chi connectivity index (χ4v) is 3.17. The molecule has 0 saturated carbocycles. The summed E-state index contributed by atoms with van der Waals surface area (Å²) in [4.78, 5) is 3.77. The zero-order valence-corrected chi connectivity index (χ0v) is 11.9. The number of halogens is 2. The summed E-state index contributed by atoms with van der Waals surface area (Å²) in [6.07, 6.45) is 0. The molecule has 0 bridgehead atoms. The Labute approximate surface area is 108 Å². The number of rotatable bonds is 0. The zero-order valence-electron chi connectivity index (χ0n) is 8.80. The van der Waals surface area contributed by atoms with E-state index in [-0.39, 0.29) is 0 Å². The molecule has 0 N–H and O–H groups in total. The van der Waals surface area contributed by atoms with Crippen molar-refractivity contribution in [1.82, 2.24) is 0 Å². The molecule has 0 radical (unpaired) electrons. The van der Waals surface area contributed by atoms with Crippen LogP contribution in [0.2, 0.25) is 9.36 Å². The Bertz CT molecular complexity index is 393. The SMILES string of the molecule is Cc1cc(Cl)c(C)s1.Cc1ccc(Cl)s1. The van der Waals surface area contributed by atoms with Crippen molar-refractivity contribution in [2.45, 2.75) is 20.8 Å². The molecule has 0 spiro atoms. The second-order valence-electron chi connectivity index (χ2n) is 3.11. The summed E-state index contributed by atoms with van der Waals surface area (Å²) < 4.78 is 0.873. The summed E-state index contributed by atoms with van der Waals surface area (Å²) in [5, 5.41) is 0.896. The Morgan fingerprint density at radius 3 is 1.73 bits per heavy atom. The standard InChI is InChI=1S/C6H7ClS.C5H5ClS/c1-4-3-6(7)5(2)8-4;1-4-2-3-5(6)7-4/h3H,1-2H3;2-3H,1H3. The average molecular weight is 279 g/mol. The molecule has 2 aromatic heterocycles. The van der Waals surface area contributed by atoms with Gasteiger partial charge in [0.25, 0.3) is 0 Å². The lowest BCUT2D eigenvalue weighted by molar-refractivity contribution is 1.61. The van der Waals surface area contributed by atoms with E-state index < -0.39 is 0 Å². The van der Waals surface area contributed by atoms with Gasteiger partial charge in [0.15, 0.2) is 0 Å². The molecule has 0 aromatic carbocycles. The predicted octanol–water partition coefficient (Wildman–Crippen LogP) is 5.73. The summed E-state index contributed by atoms with van der Waals surface area (Å²) in [7, 11) is 0. The van der Waals surface area contributed by atoms with Gasteiger partial charge >= 0.3 is 0 Å². The maximum Gasteiger partial charge on any atom is 0.0931 e. The molecule has 4 heteroatoms. The predicted molar refractivity (Wildman–Crippen MR) is 72.9 cm³/mol. The molecule has 0 aliphatic carbocycles. The lowest BCUT2D eigenvalue weighted by atomic mass is 10.5. The molecule has 0 aliphatic rings. The van der Waals surface area contributed by atoms with Gasteiger partial charge in [0, 0.05) is 14.6 Å². The molecular weight excluding hydrogens is 267 g/mol. The molecule has 2 aromatic rings. The Hall–Kier alpha value is -0.0200. The first-order valence-electron chi connectivity index (χ1n) is 4.43. The molecule has 0 nitrogen and oxygen atoms in total. The normalized spacial score (nSPS) is 9.67. The van der Waals surface area contributed by atoms with Crippen molar-refractivity contribution in [1.29, 1.82) is 0 Å². The van der Waals surface area contributed by atoms with Crippen molar-refractivity contribution in [3.8, 4) is 0 Å². The molecule has 0 fully saturated rings. The van der Waals surface area contributed by atoms with E-state index in [0.29, 0.717) is 0 Å². The van der Waals surface area contributed by atoms with E-state index in [9.17, 15) is 0 Å². The van der Waals surface area contributed by atoms with Gasteiger partial charge in [-0.3, -0.25) is 0 Å². The van der Waals surface area contributed by atoms with Crippen molar-refractivity contribution < 1.29 is 0 Å². The van der Waals surface area contributed by atoms with E-state index in [0.717, 1.165) is 9.36 Å². The fourth-order valence-electron chi connectivity index (χ4n) is 1.00. The minimum atomic E-state index is 0.873. The first-order chi connectivity index (χ1) is 6.99. The lowest BCUT2D eigenvalue weighted by Crippen LogP contribution is -1.53. The third-order valence-corrected chi connectivity index (χ3v) is 4.31. The zero-order chi connectivity index (χ0) is 11.4. The summed E-state index contributed by atoms with van der Waals surface area (Å²) in [5.41, 5.74) is 0. The highest BCUT2D eigenvalue weighted by Gasteiger charge is 1.96. The van der Waals surface area contributed by atoms with Crippen LogP contribution >= 0.6 is 45.9 Å². The molecule has 0 amide bonds. The number of aryl methyl sites for hydroxylation is 3. The van der Waals surface area contributed by atoms with Crippen LogP contribution in [-0.4, -0.2) is 0 Å². The van der Waals surface area contributed by atoms with Crippen LogP contribution in [0.25, 0.3) is 0 Å². The van der Waals surface area contributed by atoms with Crippen molar-refractivity contribution in [2.24, 2.45) is 0 Å². The van der Waals surface area contributed by atoms with E-state index in [1.165, 1.54) is 14.6 Å². The third kappa shape index (κ3) is 4.56. The minimum absolute atomic E-state index is 0.873. The van der Waals surface area contributed by atoms with E-state index >= 15 is 0 Å². The highest BCUT2D eigenvalue weighted by Crippen LogP contribution is 2.24. The van der Waals surface area contributed by atoms with Crippen LogP contribution in [-0.2, 0) is 0 Å². The van der Waals surface area contributed by atoms with Gasteiger partial charge in [0.05, 0.1) is 9.36 Å². The van der Waals surface area contributed by atoms with Crippen molar-refractivity contribution in [2.75, 3.05) is 0 Å². The summed E-state index contributed by atoms with van der Waals surface area (Å²) in [6.45, 7) is 6.13. The van der Waals surface area contributed by atoms with Crippen LogP contribution in [0.5, 0.6) is 0 Å². The maximum absolute atomic E-state index is 5.74. The fraction of sp³-hybridized carbons (Fsp3) is 0.273. The van der Waals surface area contributed by atoms with Crippen molar-refractivity contribution >= 4 is 45.9 Å². The van der Waals surface area contributed by atoms with Gasteiger partial charge < -0.3 is 0 Å². The molecule has 2 rings (SSSR count). The number of hydrogen-bond acceptors (Lipinski definition) is 2. The van der Waals surface area contributed by atoms with Gasteiger partial charge in [-0.2, -0.15) is 0 Å².